The minimum absolute atomic E-state index is 0.177. The molecule has 0 spiro atoms. The number of hydrogen-bond acceptors (Lipinski definition) is 6. The van der Waals surface area contributed by atoms with Gasteiger partial charge in [-0.25, -0.2) is 13.9 Å². The SMILES string of the molecule is O=C(Cn1nc2nc(N3CCOCC3)ccn2c1=O)Nc1ccccc1. The molecule has 3 heterocycles. The third-order valence-corrected chi connectivity index (χ3v) is 4.13. The fourth-order valence-electron chi connectivity index (χ4n) is 2.83. The van der Waals surface area contributed by atoms with E-state index < -0.39 is 5.69 Å². The van der Waals surface area contributed by atoms with Crippen LogP contribution in [0.5, 0.6) is 0 Å². The van der Waals surface area contributed by atoms with Gasteiger partial charge in [0.15, 0.2) is 0 Å². The highest BCUT2D eigenvalue weighted by molar-refractivity contribution is 5.90. The average molecular weight is 354 g/mol. The first kappa shape index (κ1) is 16.3. The Morgan fingerprint density at radius 3 is 2.69 bits per heavy atom. The largest absolute Gasteiger partial charge is 0.378 e. The minimum Gasteiger partial charge on any atom is -0.378 e. The lowest BCUT2D eigenvalue weighted by atomic mass is 10.3. The van der Waals surface area contributed by atoms with Gasteiger partial charge < -0.3 is 15.0 Å². The lowest BCUT2D eigenvalue weighted by molar-refractivity contribution is -0.117. The van der Waals surface area contributed by atoms with Crippen LogP contribution in [0.4, 0.5) is 11.5 Å². The maximum Gasteiger partial charge on any atom is 0.352 e. The Hall–Kier alpha value is -3.20. The van der Waals surface area contributed by atoms with Gasteiger partial charge in [0.2, 0.25) is 5.91 Å². The van der Waals surface area contributed by atoms with E-state index in [-0.39, 0.29) is 18.2 Å². The summed E-state index contributed by atoms with van der Waals surface area (Å²) in [4.78, 5) is 31.1. The van der Waals surface area contributed by atoms with Gasteiger partial charge in [0.25, 0.3) is 5.78 Å². The summed E-state index contributed by atoms with van der Waals surface area (Å²) < 4.78 is 7.78. The molecule has 9 heteroatoms. The van der Waals surface area contributed by atoms with Gasteiger partial charge in [-0.1, -0.05) is 18.2 Å². The third-order valence-electron chi connectivity index (χ3n) is 4.13. The Balaban J connectivity index is 1.55. The molecule has 134 valence electrons. The minimum atomic E-state index is -0.399. The molecule has 1 N–H and O–H groups in total. The normalized spacial score (nSPS) is 14.5. The molecular formula is C17H18N6O3. The molecule has 4 rings (SSSR count). The van der Waals surface area contributed by atoms with E-state index in [1.54, 1.807) is 24.4 Å². The summed E-state index contributed by atoms with van der Waals surface area (Å²) >= 11 is 0. The van der Waals surface area contributed by atoms with Gasteiger partial charge in [-0.2, -0.15) is 4.98 Å². The number of carbonyl (C=O) groups is 1. The standard InChI is InChI=1S/C17H18N6O3/c24-15(18-13-4-2-1-3-5-13)12-23-17(25)22-7-6-14(19-16(22)20-23)21-8-10-26-11-9-21/h1-7H,8-12H2,(H,18,24). The predicted molar refractivity (Wildman–Crippen MR) is 95.4 cm³/mol. The lowest BCUT2D eigenvalue weighted by Crippen LogP contribution is -2.36. The second kappa shape index (κ2) is 6.96. The summed E-state index contributed by atoms with van der Waals surface area (Å²) in [5.41, 5.74) is 0.270. The van der Waals surface area contributed by atoms with E-state index in [4.69, 9.17) is 4.74 Å². The molecule has 9 nitrogen and oxygen atoms in total. The van der Waals surface area contributed by atoms with Crippen LogP contribution in [-0.2, 0) is 16.1 Å². The molecule has 0 radical (unpaired) electrons. The Labute approximate surface area is 148 Å². The van der Waals surface area contributed by atoms with Crippen molar-refractivity contribution in [1.29, 1.82) is 0 Å². The number of morpholine rings is 1. The summed E-state index contributed by atoms with van der Waals surface area (Å²) in [6.45, 7) is 2.60. The van der Waals surface area contributed by atoms with Gasteiger partial charge in [-0.15, -0.1) is 5.10 Å². The Morgan fingerprint density at radius 1 is 1.15 bits per heavy atom. The molecule has 0 unspecified atom stereocenters. The molecule has 26 heavy (non-hydrogen) atoms. The van der Waals surface area contributed by atoms with Crippen LogP contribution in [0.1, 0.15) is 0 Å². The second-order valence-electron chi connectivity index (χ2n) is 5.91. The number of fused-ring (bicyclic) bond motifs is 1. The van der Waals surface area contributed by atoms with Gasteiger partial charge in [0, 0.05) is 25.0 Å². The Morgan fingerprint density at radius 2 is 1.92 bits per heavy atom. The molecule has 3 aromatic rings. The van der Waals surface area contributed by atoms with Crippen LogP contribution in [0.3, 0.4) is 0 Å². The molecule has 1 amide bonds. The van der Waals surface area contributed by atoms with Crippen molar-refractivity contribution < 1.29 is 9.53 Å². The molecule has 0 atom stereocenters. The number of amides is 1. The maximum atomic E-state index is 12.4. The van der Waals surface area contributed by atoms with Crippen molar-refractivity contribution in [3.63, 3.8) is 0 Å². The highest BCUT2D eigenvalue weighted by Crippen LogP contribution is 2.12. The zero-order valence-corrected chi connectivity index (χ0v) is 14.0. The first-order valence-electron chi connectivity index (χ1n) is 8.34. The number of benzene rings is 1. The van der Waals surface area contributed by atoms with Gasteiger partial charge in [-0.05, 0) is 18.2 Å². The van der Waals surface area contributed by atoms with Crippen LogP contribution in [0, 0.1) is 0 Å². The van der Waals surface area contributed by atoms with Crippen LogP contribution in [0.15, 0.2) is 47.4 Å². The summed E-state index contributed by atoms with van der Waals surface area (Å²) in [6, 6.07) is 10.8. The second-order valence-corrected chi connectivity index (χ2v) is 5.91. The maximum absolute atomic E-state index is 12.4. The van der Waals surface area contributed by atoms with Gasteiger partial charge in [0.1, 0.15) is 12.4 Å². The highest BCUT2D eigenvalue weighted by atomic mass is 16.5. The number of aromatic nitrogens is 4. The Bertz CT molecular complexity index is 975. The molecule has 2 aromatic heterocycles. The summed E-state index contributed by atoms with van der Waals surface area (Å²) in [7, 11) is 0. The number of nitrogens with one attached hydrogen (secondary N) is 1. The number of ether oxygens (including phenoxy) is 1. The van der Waals surface area contributed by atoms with Crippen molar-refractivity contribution in [2.45, 2.75) is 6.54 Å². The molecule has 1 saturated heterocycles. The number of anilines is 2. The molecule has 1 aliphatic heterocycles. The van der Waals surface area contributed by atoms with E-state index in [2.05, 4.69) is 20.3 Å². The molecular weight excluding hydrogens is 336 g/mol. The van der Waals surface area contributed by atoms with E-state index in [0.717, 1.165) is 23.6 Å². The highest BCUT2D eigenvalue weighted by Gasteiger charge is 2.16. The third kappa shape index (κ3) is 3.29. The predicted octanol–water partition coefficient (Wildman–Crippen LogP) is 0.366. The molecule has 0 bridgehead atoms. The first-order chi connectivity index (χ1) is 12.7. The summed E-state index contributed by atoms with van der Waals surface area (Å²) in [6.07, 6.45) is 1.63. The average Bonchev–Trinajstić information content (AvgIpc) is 2.98. The molecule has 0 aliphatic carbocycles. The van der Waals surface area contributed by atoms with Crippen LogP contribution >= 0.6 is 0 Å². The van der Waals surface area contributed by atoms with Crippen LogP contribution < -0.4 is 15.9 Å². The van der Waals surface area contributed by atoms with Crippen molar-refractivity contribution in [3.8, 4) is 0 Å². The number of carbonyl (C=O) groups excluding carboxylic acids is 1. The van der Waals surface area contributed by atoms with Gasteiger partial charge in [0.05, 0.1) is 13.2 Å². The molecule has 1 aromatic carbocycles. The van der Waals surface area contributed by atoms with E-state index in [1.165, 1.54) is 4.40 Å². The van der Waals surface area contributed by atoms with Gasteiger partial charge >= 0.3 is 5.69 Å². The fourth-order valence-corrected chi connectivity index (χ4v) is 2.83. The van der Waals surface area contributed by atoms with Crippen molar-refractivity contribution in [2.75, 3.05) is 36.5 Å². The number of rotatable bonds is 4. The number of nitrogens with zero attached hydrogens (tertiary/aromatic N) is 5. The van der Waals surface area contributed by atoms with E-state index >= 15 is 0 Å². The molecule has 1 fully saturated rings. The molecule has 0 saturated carbocycles. The van der Waals surface area contributed by atoms with Crippen LogP contribution in [0.25, 0.3) is 5.78 Å². The topological polar surface area (TPSA) is 93.8 Å². The van der Waals surface area contributed by atoms with Crippen LogP contribution in [-0.4, -0.2) is 51.4 Å². The van der Waals surface area contributed by atoms with Crippen molar-refractivity contribution in [3.05, 3.63) is 53.1 Å². The zero-order chi connectivity index (χ0) is 17.9. The van der Waals surface area contributed by atoms with Crippen LogP contribution in [0.2, 0.25) is 0 Å². The van der Waals surface area contributed by atoms with Gasteiger partial charge in [-0.3, -0.25) is 4.79 Å². The smallest absolute Gasteiger partial charge is 0.352 e. The monoisotopic (exact) mass is 354 g/mol. The van der Waals surface area contributed by atoms with E-state index in [9.17, 15) is 9.59 Å². The summed E-state index contributed by atoms with van der Waals surface area (Å²) in [5.74, 6) is 0.688. The summed E-state index contributed by atoms with van der Waals surface area (Å²) in [5, 5.41) is 6.92. The number of hydrogen-bond donors (Lipinski definition) is 1. The zero-order valence-electron chi connectivity index (χ0n) is 14.0. The quantitative estimate of drug-likeness (QED) is 0.727. The van der Waals surface area contributed by atoms with E-state index in [1.807, 2.05) is 18.2 Å². The van der Waals surface area contributed by atoms with Crippen molar-refractivity contribution in [2.24, 2.45) is 0 Å². The fraction of sp³-hybridized carbons (Fsp3) is 0.294. The van der Waals surface area contributed by atoms with Crippen molar-refractivity contribution >= 4 is 23.2 Å². The molecule has 1 aliphatic rings. The first-order valence-corrected chi connectivity index (χ1v) is 8.34. The number of para-hydroxylation sites is 1. The Kier molecular flexibility index (Phi) is 4.36. The lowest BCUT2D eigenvalue weighted by Gasteiger charge is -2.27. The van der Waals surface area contributed by atoms with E-state index in [0.29, 0.717) is 18.9 Å². The van der Waals surface area contributed by atoms with Crippen molar-refractivity contribution in [1.82, 2.24) is 19.2 Å².